The first-order valence-electron chi connectivity index (χ1n) is 7.45. The first kappa shape index (κ1) is 15.6. The molecule has 0 atom stereocenters. The van der Waals surface area contributed by atoms with Crippen LogP contribution in [-0.2, 0) is 13.1 Å². The molecule has 0 aliphatic carbocycles. The van der Waals surface area contributed by atoms with Crippen LogP contribution in [0.5, 0.6) is 0 Å². The molecule has 1 N–H and O–H groups in total. The van der Waals surface area contributed by atoms with Gasteiger partial charge in [0.05, 0.1) is 12.8 Å². The smallest absolute Gasteiger partial charge is 0.128 e. The Hall–Kier alpha value is -1.81. The highest BCUT2D eigenvalue weighted by molar-refractivity contribution is 5.39. The summed E-state index contributed by atoms with van der Waals surface area (Å²) in [6.07, 6.45) is 3.65. The van der Waals surface area contributed by atoms with E-state index in [-0.39, 0.29) is 5.54 Å². The average molecular weight is 287 g/mol. The second-order valence-corrected chi connectivity index (χ2v) is 6.22. The van der Waals surface area contributed by atoms with Gasteiger partial charge < -0.3 is 14.6 Å². The molecule has 0 radical (unpaired) electrons. The number of hydrogen-bond acceptors (Lipinski definition) is 4. The van der Waals surface area contributed by atoms with E-state index in [4.69, 9.17) is 4.42 Å². The molecule has 0 unspecified atom stereocenters. The van der Waals surface area contributed by atoms with Gasteiger partial charge in [-0.2, -0.15) is 0 Å². The normalized spacial score (nSPS) is 11.6. The van der Waals surface area contributed by atoms with E-state index in [9.17, 15) is 0 Å². The summed E-state index contributed by atoms with van der Waals surface area (Å²) in [5.41, 5.74) is 1.32. The van der Waals surface area contributed by atoms with Crippen molar-refractivity contribution in [3.05, 3.63) is 48.0 Å². The van der Waals surface area contributed by atoms with E-state index < -0.39 is 0 Å². The number of rotatable bonds is 6. The molecule has 2 aromatic rings. The van der Waals surface area contributed by atoms with Gasteiger partial charge in [-0.1, -0.05) is 6.07 Å². The SMILES string of the molecule is CCN(Cc1ccco1)c1ccc(CNC(C)(C)C)cn1. The number of nitrogens with zero attached hydrogens (tertiary/aromatic N) is 2. The molecule has 0 fully saturated rings. The maximum Gasteiger partial charge on any atom is 0.128 e. The first-order valence-corrected chi connectivity index (χ1v) is 7.45. The average Bonchev–Trinajstić information content (AvgIpc) is 2.95. The molecular weight excluding hydrogens is 262 g/mol. The molecule has 2 aromatic heterocycles. The quantitative estimate of drug-likeness (QED) is 0.881. The van der Waals surface area contributed by atoms with Gasteiger partial charge in [0, 0.05) is 24.8 Å². The molecule has 21 heavy (non-hydrogen) atoms. The molecule has 0 aliphatic heterocycles. The van der Waals surface area contributed by atoms with Gasteiger partial charge in [-0.05, 0) is 51.5 Å². The Bertz CT molecular complexity index is 526. The van der Waals surface area contributed by atoms with Crippen LogP contribution >= 0.6 is 0 Å². The van der Waals surface area contributed by atoms with Crippen molar-refractivity contribution in [1.29, 1.82) is 0 Å². The molecule has 0 bridgehead atoms. The number of furan rings is 1. The van der Waals surface area contributed by atoms with E-state index in [1.54, 1.807) is 6.26 Å². The molecule has 2 heterocycles. The van der Waals surface area contributed by atoms with Gasteiger partial charge in [0.15, 0.2) is 0 Å². The van der Waals surface area contributed by atoms with Crippen molar-refractivity contribution < 1.29 is 4.42 Å². The maximum atomic E-state index is 5.41. The minimum atomic E-state index is 0.118. The van der Waals surface area contributed by atoms with Crippen LogP contribution in [0.15, 0.2) is 41.1 Å². The zero-order valence-corrected chi connectivity index (χ0v) is 13.4. The van der Waals surface area contributed by atoms with E-state index in [1.807, 2.05) is 18.3 Å². The van der Waals surface area contributed by atoms with Crippen LogP contribution in [0, 0.1) is 0 Å². The fourth-order valence-electron chi connectivity index (χ4n) is 2.02. The van der Waals surface area contributed by atoms with E-state index in [0.29, 0.717) is 0 Å². The molecule has 0 saturated heterocycles. The maximum absolute atomic E-state index is 5.41. The third-order valence-corrected chi connectivity index (χ3v) is 3.26. The molecular formula is C17H25N3O. The molecule has 2 rings (SSSR count). The van der Waals surface area contributed by atoms with Gasteiger partial charge >= 0.3 is 0 Å². The fraction of sp³-hybridized carbons (Fsp3) is 0.471. The summed E-state index contributed by atoms with van der Waals surface area (Å²) in [5.74, 6) is 1.94. The van der Waals surface area contributed by atoms with Crippen molar-refractivity contribution >= 4 is 5.82 Å². The predicted octanol–water partition coefficient (Wildman–Crippen LogP) is 3.59. The number of nitrogens with one attached hydrogen (secondary N) is 1. The van der Waals surface area contributed by atoms with Gasteiger partial charge in [0.1, 0.15) is 11.6 Å². The summed E-state index contributed by atoms with van der Waals surface area (Å²) in [4.78, 5) is 6.77. The van der Waals surface area contributed by atoms with E-state index in [1.165, 1.54) is 5.56 Å². The van der Waals surface area contributed by atoms with Crippen LogP contribution in [0.3, 0.4) is 0 Å². The Morgan fingerprint density at radius 3 is 2.57 bits per heavy atom. The third-order valence-electron chi connectivity index (χ3n) is 3.26. The summed E-state index contributed by atoms with van der Waals surface area (Å²) >= 11 is 0. The lowest BCUT2D eigenvalue weighted by Gasteiger charge is -2.22. The molecule has 4 nitrogen and oxygen atoms in total. The molecule has 114 valence electrons. The lowest BCUT2D eigenvalue weighted by molar-refractivity contribution is 0.424. The molecule has 0 spiro atoms. The summed E-state index contributed by atoms with van der Waals surface area (Å²) < 4.78 is 5.41. The fourth-order valence-corrected chi connectivity index (χ4v) is 2.02. The van der Waals surface area contributed by atoms with Crippen LogP contribution in [-0.4, -0.2) is 17.1 Å². The Labute approximate surface area is 127 Å². The third kappa shape index (κ3) is 4.90. The topological polar surface area (TPSA) is 41.3 Å². The number of pyridine rings is 1. The van der Waals surface area contributed by atoms with Crippen molar-refractivity contribution in [3.63, 3.8) is 0 Å². The first-order chi connectivity index (χ1) is 9.98. The Balaban J connectivity index is 1.99. The van der Waals surface area contributed by atoms with Crippen molar-refractivity contribution in [3.8, 4) is 0 Å². The molecule has 0 saturated carbocycles. The van der Waals surface area contributed by atoms with Crippen LogP contribution in [0.25, 0.3) is 0 Å². The summed E-state index contributed by atoms with van der Waals surface area (Å²) in [6, 6.07) is 8.11. The van der Waals surface area contributed by atoms with Crippen LogP contribution in [0.4, 0.5) is 5.82 Å². The van der Waals surface area contributed by atoms with Gasteiger partial charge in [-0.15, -0.1) is 0 Å². The van der Waals surface area contributed by atoms with Crippen molar-refractivity contribution in [2.75, 3.05) is 11.4 Å². The summed E-state index contributed by atoms with van der Waals surface area (Å²) in [6.45, 7) is 11.1. The van der Waals surface area contributed by atoms with Gasteiger partial charge in [-0.3, -0.25) is 0 Å². The summed E-state index contributed by atoms with van der Waals surface area (Å²) in [7, 11) is 0. The molecule has 0 aliphatic rings. The zero-order chi connectivity index (χ0) is 15.3. The Morgan fingerprint density at radius 2 is 2.05 bits per heavy atom. The summed E-state index contributed by atoms with van der Waals surface area (Å²) in [5, 5.41) is 3.47. The molecule has 0 aromatic carbocycles. The van der Waals surface area contributed by atoms with E-state index in [2.05, 4.69) is 55.0 Å². The minimum Gasteiger partial charge on any atom is -0.467 e. The van der Waals surface area contributed by atoms with Gasteiger partial charge in [0.2, 0.25) is 0 Å². The standard InChI is InChI=1S/C17H25N3O/c1-5-20(13-15-7-6-10-21-15)16-9-8-14(11-18-16)12-19-17(2,3)4/h6-11,19H,5,12-13H2,1-4H3. The second-order valence-electron chi connectivity index (χ2n) is 6.22. The second kappa shape index (κ2) is 6.76. The van der Waals surface area contributed by atoms with Gasteiger partial charge in [0.25, 0.3) is 0 Å². The van der Waals surface area contributed by atoms with Crippen LogP contribution < -0.4 is 10.2 Å². The highest BCUT2D eigenvalue weighted by atomic mass is 16.3. The largest absolute Gasteiger partial charge is 0.467 e. The number of anilines is 1. The van der Waals surface area contributed by atoms with E-state index in [0.717, 1.165) is 31.2 Å². The van der Waals surface area contributed by atoms with Gasteiger partial charge in [-0.25, -0.2) is 4.98 Å². The van der Waals surface area contributed by atoms with Crippen LogP contribution in [0.1, 0.15) is 39.0 Å². The lowest BCUT2D eigenvalue weighted by Crippen LogP contribution is -2.35. The van der Waals surface area contributed by atoms with E-state index >= 15 is 0 Å². The molecule has 4 heteroatoms. The zero-order valence-electron chi connectivity index (χ0n) is 13.4. The molecule has 0 amide bonds. The monoisotopic (exact) mass is 287 g/mol. The Morgan fingerprint density at radius 1 is 1.24 bits per heavy atom. The van der Waals surface area contributed by atoms with Crippen molar-refractivity contribution in [2.24, 2.45) is 0 Å². The predicted molar refractivity (Wildman–Crippen MR) is 86.3 cm³/mol. The van der Waals surface area contributed by atoms with Crippen molar-refractivity contribution in [2.45, 2.75) is 46.3 Å². The number of hydrogen-bond donors (Lipinski definition) is 1. The Kier molecular flexibility index (Phi) is 5.02. The highest BCUT2D eigenvalue weighted by Crippen LogP contribution is 2.15. The number of aromatic nitrogens is 1. The lowest BCUT2D eigenvalue weighted by atomic mass is 10.1. The van der Waals surface area contributed by atoms with Crippen molar-refractivity contribution in [1.82, 2.24) is 10.3 Å². The van der Waals surface area contributed by atoms with Crippen LogP contribution in [0.2, 0.25) is 0 Å². The highest BCUT2D eigenvalue weighted by Gasteiger charge is 2.10. The minimum absolute atomic E-state index is 0.118.